The minimum atomic E-state index is -0.249. The van der Waals surface area contributed by atoms with Gasteiger partial charge in [-0.2, -0.15) is 0 Å². The van der Waals surface area contributed by atoms with Crippen molar-refractivity contribution >= 4 is 45.3 Å². The van der Waals surface area contributed by atoms with E-state index in [1.165, 1.54) is 10.9 Å². The van der Waals surface area contributed by atoms with Crippen molar-refractivity contribution in [2.75, 3.05) is 11.1 Å². The minimum Gasteiger partial charge on any atom is -0.397 e. The highest BCUT2D eigenvalue weighted by atomic mass is 127. The molecular formula is C12H12FIN2S. The van der Waals surface area contributed by atoms with Gasteiger partial charge in [0.15, 0.2) is 0 Å². The van der Waals surface area contributed by atoms with Gasteiger partial charge in [0, 0.05) is 10.9 Å². The van der Waals surface area contributed by atoms with Gasteiger partial charge in [-0.1, -0.05) is 6.07 Å². The highest BCUT2D eigenvalue weighted by Gasteiger charge is 2.10. The zero-order chi connectivity index (χ0) is 12.4. The van der Waals surface area contributed by atoms with Gasteiger partial charge in [-0.3, -0.25) is 0 Å². The molecule has 0 fully saturated rings. The lowest BCUT2D eigenvalue weighted by Crippen LogP contribution is -2.07. The molecule has 0 bridgehead atoms. The number of anilines is 2. The van der Waals surface area contributed by atoms with Crippen LogP contribution in [0.25, 0.3) is 0 Å². The summed E-state index contributed by atoms with van der Waals surface area (Å²) in [5, 5.41) is 5.24. The molecule has 2 rings (SSSR count). The molecule has 0 saturated heterocycles. The first-order valence-corrected chi connectivity index (χ1v) is 7.08. The molecular weight excluding hydrogens is 350 g/mol. The lowest BCUT2D eigenvalue weighted by Gasteiger charge is -2.16. The molecule has 0 saturated carbocycles. The number of thiophene rings is 1. The van der Waals surface area contributed by atoms with Gasteiger partial charge >= 0.3 is 0 Å². The van der Waals surface area contributed by atoms with Crippen molar-refractivity contribution in [2.45, 2.75) is 13.0 Å². The average Bonchev–Trinajstić information content (AvgIpc) is 2.79. The largest absolute Gasteiger partial charge is 0.397 e. The van der Waals surface area contributed by atoms with Crippen LogP contribution in [-0.4, -0.2) is 0 Å². The predicted octanol–water partition coefficient (Wildman–Crippen LogP) is 4.25. The molecule has 0 aliphatic heterocycles. The monoisotopic (exact) mass is 362 g/mol. The van der Waals surface area contributed by atoms with Crippen LogP contribution in [0.2, 0.25) is 0 Å². The van der Waals surface area contributed by atoms with Gasteiger partial charge in [0.05, 0.1) is 21.0 Å². The Morgan fingerprint density at radius 2 is 2.24 bits per heavy atom. The van der Waals surface area contributed by atoms with Crippen LogP contribution in [0.5, 0.6) is 0 Å². The summed E-state index contributed by atoms with van der Waals surface area (Å²) >= 11 is 3.60. The SMILES string of the molecule is CC(Nc1cc(F)c(I)cc1N)c1cccs1. The number of halogens is 2. The van der Waals surface area contributed by atoms with Crippen molar-refractivity contribution in [1.82, 2.24) is 0 Å². The molecule has 1 atom stereocenters. The Labute approximate surface area is 117 Å². The molecule has 0 spiro atoms. The number of rotatable bonds is 3. The van der Waals surface area contributed by atoms with E-state index in [1.807, 2.05) is 47.0 Å². The fourth-order valence-electron chi connectivity index (χ4n) is 1.53. The van der Waals surface area contributed by atoms with Gasteiger partial charge in [0.1, 0.15) is 5.82 Å². The minimum absolute atomic E-state index is 0.122. The Hall–Kier alpha value is -0.820. The van der Waals surface area contributed by atoms with Crippen LogP contribution in [0.15, 0.2) is 29.6 Å². The zero-order valence-electron chi connectivity index (χ0n) is 9.21. The molecule has 3 N–H and O–H groups in total. The predicted molar refractivity (Wildman–Crippen MR) is 79.9 cm³/mol. The highest BCUT2D eigenvalue weighted by molar-refractivity contribution is 14.1. The van der Waals surface area contributed by atoms with Crippen LogP contribution in [0.3, 0.4) is 0 Å². The number of hydrogen-bond acceptors (Lipinski definition) is 3. The van der Waals surface area contributed by atoms with Crippen LogP contribution in [0.1, 0.15) is 17.8 Å². The van der Waals surface area contributed by atoms with Crippen LogP contribution in [0, 0.1) is 9.39 Å². The maximum Gasteiger partial charge on any atom is 0.138 e. The molecule has 90 valence electrons. The first-order chi connectivity index (χ1) is 8.08. The van der Waals surface area contributed by atoms with Crippen molar-refractivity contribution in [1.29, 1.82) is 0 Å². The molecule has 1 aromatic heterocycles. The number of nitrogens with two attached hydrogens (primary N) is 1. The lowest BCUT2D eigenvalue weighted by atomic mass is 10.2. The second kappa shape index (κ2) is 5.22. The van der Waals surface area contributed by atoms with E-state index >= 15 is 0 Å². The smallest absolute Gasteiger partial charge is 0.138 e. The van der Waals surface area contributed by atoms with E-state index in [0.29, 0.717) is 14.9 Å². The van der Waals surface area contributed by atoms with Gasteiger partial charge in [-0.05, 0) is 47.0 Å². The van der Waals surface area contributed by atoms with Crippen molar-refractivity contribution < 1.29 is 4.39 Å². The van der Waals surface area contributed by atoms with E-state index < -0.39 is 0 Å². The van der Waals surface area contributed by atoms with Crippen LogP contribution < -0.4 is 11.1 Å². The summed E-state index contributed by atoms with van der Waals surface area (Å²) in [6.45, 7) is 2.03. The van der Waals surface area contributed by atoms with Gasteiger partial charge in [-0.25, -0.2) is 4.39 Å². The van der Waals surface area contributed by atoms with E-state index in [9.17, 15) is 4.39 Å². The second-order valence-corrected chi connectivity index (χ2v) is 5.88. The van der Waals surface area contributed by atoms with Gasteiger partial charge < -0.3 is 11.1 Å². The molecule has 0 aliphatic rings. The molecule has 17 heavy (non-hydrogen) atoms. The molecule has 1 unspecified atom stereocenters. The van der Waals surface area contributed by atoms with E-state index in [1.54, 1.807) is 17.4 Å². The molecule has 0 amide bonds. The molecule has 2 nitrogen and oxygen atoms in total. The summed E-state index contributed by atoms with van der Waals surface area (Å²) in [6, 6.07) is 7.25. The number of nitrogens with one attached hydrogen (secondary N) is 1. The highest BCUT2D eigenvalue weighted by Crippen LogP contribution is 2.29. The summed E-state index contributed by atoms with van der Waals surface area (Å²) in [4.78, 5) is 1.20. The Morgan fingerprint density at radius 1 is 1.47 bits per heavy atom. The van der Waals surface area contributed by atoms with Crippen LogP contribution in [-0.2, 0) is 0 Å². The van der Waals surface area contributed by atoms with Gasteiger partial charge in [0.25, 0.3) is 0 Å². The van der Waals surface area contributed by atoms with E-state index in [2.05, 4.69) is 5.32 Å². The Kier molecular flexibility index (Phi) is 3.88. The van der Waals surface area contributed by atoms with E-state index in [-0.39, 0.29) is 11.9 Å². The standard InChI is InChI=1S/C12H12FIN2S/c1-7(12-3-2-4-17-12)16-11-5-8(13)9(14)6-10(11)15/h2-7,16H,15H2,1H3. The molecule has 0 aliphatic carbocycles. The Bertz CT molecular complexity index is 513. The second-order valence-electron chi connectivity index (χ2n) is 3.74. The average molecular weight is 362 g/mol. The third-order valence-corrected chi connectivity index (χ3v) is 4.32. The summed E-state index contributed by atoms with van der Waals surface area (Å²) in [7, 11) is 0. The summed E-state index contributed by atoms with van der Waals surface area (Å²) < 4.78 is 14.0. The Balaban J connectivity index is 2.22. The summed E-state index contributed by atoms with van der Waals surface area (Å²) in [5.41, 5.74) is 7.07. The molecule has 1 aromatic carbocycles. The number of benzene rings is 1. The zero-order valence-corrected chi connectivity index (χ0v) is 12.2. The molecule has 0 radical (unpaired) electrons. The summed E-state index contributed by atoms with van der Waals surface area (Å²) in [5.74, 6) is -0.249. The van der Waals surface area contributed by atoms with Crippen molar-refractivity contribution in [3.8, 4) is 0 Å². The van der Waals surface area contributed by atoms with Crippen molar-refractivity contribution in [2.24, 2.45) is 0 Å². The van der Waals surface area contributed by atoms with Crippen molar-refractivity contribution in [3.63, 3.8) is 0 Å². The quantitative estimate of drug-likeness (QED) is 0.633. The van der Waals surface area contributed by atoms with E-state index in [4.69, 9.17) is 5.73 Å². The fourth-order valence-corrected chi connectivity index (χ4v) is 2.75. The maximum atomic E-state index is 13.5. The number of hydrogen-bond donors (Lipinski definition) is 2. The van der Waals surface area contributed by atoms with Crippen LogP contribution >= 0.6 is 33.9 Å². The summed E-state index contributed by atoms with van der Waals surface area (Å²) in [6.07, 6.45) is 0. The fraction of sp³-hybridized carbons (Fsp3) is 0.167. The number of nitrogen functional groups attached to an aromatic ring is 1. The van der Waals surface area contributed by atoms with Crippen LogP contribution in [0.4, 0.5) is 15.8 Å². The van der Waals surface area contributed by atoms with Gasteiger partial charge in [0.2, 0.25) is 0 Å². The van der Waals surface area contributed by atoms with E-state index in [0.717, 1.165) is 0 Å². The van der Waals surface area contributed by atoms with Crippen molar-refractivity contribution in [3.05, 3.63) is 43.9 Å². The molecule has 1 heterocycles. The van der Waals surface area contributed by atoms with Gasteiger partial charge in [-0.15, -0.1) is 11.3 Å². The Morgan fingerprint density at radius 3 is 2.88 bits per heavy atom. The first-order valence-electron chi connectivity index (χ1n) is 5.12. The first kappa shape index (κ1) is 12.6. The lowest BCUT2D eigenvalue weighted by molar-refractivity contribution is 0.620. The molecule has 2 aromatic rings. The topological polar surface area (TPSA) is 38.0 Å². The molecule has 5 heteroatoms. The third-order valence-electron chi connectivity index (χ3n) is 2.43. The third kappa shape index (κ3) is 2.90. The maximum absolute atomic E-state index is 13.5. The normalized spacial score (nSPS) is 12.4.